The first-order valence-electron chi connectivity index (χ1n) is 13.1. The zero-order valence-corrected chi connectivity index (χ0v) is 21.2. The summed E-state index contributed by atoms with van der Waals surface area (Å²) in [7, 11) is 1.59. The van der Waals surface area contributed by atoms with E-state index < -0.39 is 0 Å². The Hall–Kier alpha value is -3.16. The molecule has 36 heavy (non-hydrogen) atoms. The molecule has 1 saturated heterocycles. The van der Waals surface area contributed by atoms with Crippen molar-refractivity contribution in [3.05, 3.63) is 60.2 Å². The number of amides is 1. The van der Waals surface area contributed by atoms with Gasteiger partial charge in [-0.05, 0) is 55.3 Å². The number of aryl methyl sites for hydroxylation is 1. The van der Waals surface area contributed by atoms with Gasteiger partial charge in [0.1, 0.15) is 12.5 Å². The van der Waals surface area contributed by atoms with Crippen molar-refractivity contribution in [2.45, 2.75) is 32.1 Å². The Labute approximate surface area is 213 Å². The summed E-state index contributed by atoms with van der Waals surface area (Å²) in [6, 6.07) is 19.2. The highest BCUT2D eigenvalue weighted by molar-refractivity contribution is 5.95. The van der Waals surface area contributed by atoms with Gasteiger partial charge in [-0.1, -0.05) is 36.4 Å². The van der Waals surface area contributed by atoms with E-state index in [1.807, 2.05) is 12.1 Å². The molecule has 3 aromatic rings. The zero-order chi connectivity index (χ0) is 24.7. The van der Waals surface area contributed by atoms with Gasteiger partial charge in [0.15, 0.2) is 0 Å². The number of benzene rings is 2. The van der Waals surface area contributed by atoms with Crippen molar-refractivity contribution in [1.29, 1.82) is 0 Å². The monoisotopic (exact) mass is 488 g/mol. The van der Waals surface area contributed by atoms with Crippen LogP contribution in [0, 0.1) is 0 Å². The normalized spacial score (nSPS) is 16.4. The van der Waals surface area contributed by atoms with Crippen molar-refractivity contribution in [2.24, 2.45) is 0 Å². The number of unbranched alkanes of at least 4 members (excludes halogenated alkanes) is 2. The zero-order valence-electron chi connectivity index (χ0n) is 21.2. The van der Waals surface area contributed by atoms with Gasteiger partial charge in [-0.3, -0.25) is 14.6 Å². The van der Waals surface area contributed by atoms with Gasteiger partial charge in [0.25, 0.3) is 0 Å². The standard InChI is InChI=1S/C29H36N4O3/c1-35-22-33-28(34)15-13-24-12-14-27(30-29(24)33)36-21-6-2-5-16-31-17-19-32(20-18-31)26-11-7-9-23-8-3-4-10-25(23)26/h3-4,7-12,14H,2,5-6,13,15-22H2,1H3. The molecule has 3 heterocycles. The van der Waals surface area contributed by atoms with Crippen LogP contribution in [-0.4, -0.2) is 69.0 Å². The molecule has 2 aromatic carbocycles. The Balaban J connectivity index is 1.02. The first-order chi connectivity index (χ1) is 17.7. The van der Waals surface area contributed by atoms with Gasteiger partial charge in [-0.25, -0.2) is 0 Å². The molecule has 2 aliphatic rings. The predicted molar refractivity (Wildman–Crippen MR) is 144 cm³/mol. The van der Waals surface area contributed by atoms with Crippen molar-refractivity contribution in [3.8, 4) is 5.88 Å². The minimum absolute atomic E-state index is 0.0481. The summed E-state index contributed by atoms with van der Waals surface area (Å²) in [5, 5.41) is 2.66. The molecule has 0 N–H and O–H groups in total. The maximum Gasteiger partial charge on any atom is 0.230 e. The number of rotatable bonds is 10. The van der Waals surface area contributed by atoms with Gasteiger partial charge in [0.2, 0.25) is 11.8 Å². The fourth-order valence-electron chi connectivity index (χ4n) is 5.21. The van der Waals surface area contributed by atoms with E-state index >= 15 is 0 Å². The molecule has 7 nitrogen and oxygen atoms in total. The molecule has 0 unspecified atom stereocenters. The number of piperazine rings is 1. The molecule has 5 rings (SSSR count). The van der Waals surface area contributed by atoms with Crippen LogP contribution in [-0.2, 0) is 16.0 Å². The minimum atomic E-state index is 0.0481. The van der Waals surface area contributed by atoms with Crippen LogP contribution in [0.15, 0.2) is 54.6 Å². The van der Waals surface area contributed by atoms with E-state index in [1.165, 1.54) is 22.9 Å². The van der Waals surface area contributed by atoms with E-state index in [0.29, 0.717) is 24.7 Å². The summed E-state index contributed by atoms with van der Waals surface area (Å²) in [6.07, 6.45) is 4.51. The predicted octanol–water partition coefficient (Wildman–Crippen LogP) is 4.49. The summed E-state index contributed by atoms with van der Waals surface area (Å²) in [5.74, 6) is 1.30. The van der Waals surface area contributed by atoms with Crippen LogP contribution in [0.3, 0.4) is 0 Å². The van der Waals surface area contributed by atoms with Crippen molar-refractivity contribution < 1.29 is 14.3 Å². The second-order valence-electron chi connectivity index (χ2n) is 9.61. The van der Waals surface area contributed by atoms with Crippen molar-refractivity contribution >= 4 is 28.2 Å². The third-order valence-electron chi connectivity index (χ3n) is 7.20. The number of carbonyl (C=O) groups is 1. The van der Waals surface area contributed by atoms with Gasteiger partial charge >= 0.3 is 0 Å². The van der Waals surface area contributed by atoms with Crippen LogP contribution in [0.4, 0.5) is 11.5 Å². The summed E-state index contributed by atoms with van der Waals surface area (Å²) < 4.78 is 11.1. The number of carbonyl (C=O) groups excluding carboxylic acids is 1. The Morgan fingerprint density at radius 2 is 1.72 bits per heavy atom. The summed E-state index contributed by atoms with van der Waals surface area (Å²) in [4.78, 5) is 23.5. The topological polar surface area (TPSA) is 58.1 Å². The molecule has 0 radical (unpaired) electrons. The van der Waals surface area contributed by atoms with Crippen molar-refractivity contribution in [3.63, 3.8) is 0 Å². The van der Waals surface area contributed by atoms with Crippen LogP contribution in [0.25, 0.3) is 10.8 Å². The quantitative estimate of drug-likeness (QED) is 0.392. The molecule has 1 amide bonds. The van der Waals surface area contributed by atoms with Crippen LogP contribution >= 0.6 is 0 Å². The number of fused-ring (bicyclic) bond motifs is 2. The molecular weight excluding hydrogens is 452 g/mol. The number of anilines is 2. The number of hydrogen-bond acceptors (Lipinski definition) is 6. The third-order valence-corrected chi connectivity index (χ3v) is 7.20. The highest BCUT2D eigenvalue weighted by Crippen LogP contribution is 2.29. The van der Waals surface area contributed by atoms with Crippen molar-refractivity contribution in [2.75, 3.05) is 63.0 Å². The third kappa shape index (κ3) is 5.63. The molecule has 2 aliphatic heterocycles. The lowest BCUT2D eigenvalue weighted by Gasteiger charge is -2.36. The fraction of sp³-hybridized carbons (Fsp3) is 0.448. The molecule has 0 bridgehead atoms. The minimum Gasteiger partial charge on any atom is -0.478 e. The van der Waals surface area contributed by atoms with E-state index in [1.54, 1.807) is 12.0 Å². The van der Waals surface area contributed by atoms with Gasteiger partial charge in [0, 0.05) is 56.8 Å². The molecule has 0 aliphatic carbocycles. The molecule has 7 heteroatoms. The van der Waals surface area contributed by atoms with E-state index in [0.717, 1.165) is 57.5 Å². The first kappa shape index (κ1) is 24.5. The molecule has 190 valence electrons. The van der Waals surface area contributed by atoms with Gasteiger partial charge in [0.05, 0.1) is 6.61 Å². The van der Waals surface area contributed by atoms with E-state index in [-0.39, 0.29) is 12.6 Å². The number of aromatic nitrogens is 1. The number of hydrogen-bond donors (Lipinski definition) is 0. The molecule has 1 aromatic heterocycles. The lowest BCUT2D eigenvalue weighted by Crippen LogP contribution is -2.46. The number of nitrogens with zero attached hydrogens (tertiary/aromatic N) is 4. The second-order valence-corrected chi connectivity index (χ2v) is 9.61. The van der Waals surface area contributed by atoms with Crippen LogP contribution in [0.1, 0.15) is 31.2 Å². The van der Waals surface area contributed by atoms with Gasteiger partial charge < -0.3 is 14.4 Å². The highest BCUT2D eigenvalue weighted by atomic mass is 16.5. The smallest absolute Gasteiger partial charge is 0.230 e. The fourth-order valence-corrected chi connectivity index (χ4v) is 5.21. The van der Waals surface area contributed by atoms with Crippen LogP contribution in [0.5, 0.6) is 5.88 Å². The van der Waals surface area contributed by atoms with E-state index in [9.17, 15) is 4.79 Å². The highest BCUT2D eigenvalue weighted by Gasteiger charge is 2.26. The summed E-state index contributed by atoms with van der Waals surface area (Å²) >= 11 is 0. The number of ether oxygens (including phenoxy) is 2. The van der Waals surface area contributed by atoms with E-state index in [4.69, 9.17) is 9.47 Å². The Morgan fingerprint density at radius 1 is 0.889 bits per heavy atom. The number of pyridine rings is 1. The maximum absolute atomic E-state index is 12.2. The van der Waals surface area contributed by atoms with Gasteiger partial charge in [-0.2, -0.15) is 4.98 Å². The summed E-state index contributed by atoms with van der Waals surface area (Å²) in [5.41, 5.74) is 2.43. The number of methoxy groups -OCH3 is 1. The first-order valence-corrected chi connectivity index (χ1v) is 13.1. The Bertz CT molecular complexity index is 1170. The Kier molecular flexibility index (Phi) is 7.98. The summed E-state index contributed by atoms with van der Waals surface area (Å²) in [6.45, 7) is 6.35. The largest absolute Gasteiger partial charge is 0.478 e. The van der Waals surface area contributed by atoms with Crippen molar-refractivity contribution in [1.82, 2.24) is 9.88 Å². The van der Waals surface area contributed by atoms with Crippen LogP contribution < -0.4 is 14.5 Å². The molecule has 1 fully saturated rings. The lowest BCUT2D eigenvalue weighted by atomic mass is 10.1. The Morgan fingerprint density at radius 3 is 2.58 bits per heavy atom. The van der Waals surface area contributed by atoms with E-state index in [2.05, 4.69) is 57.2 Å². The average Bonchev–Trinajstić information content (AvgIpc) is 2.92. The molecule has 0 spiro atoms. The molecular formula is C29H36N4O3. The molecule has 0 atom stereocenters. The lowest BCUT2D eigenvalue weighted by molar-refractivity contribution is -0.119. The molecule has 0 saturated carbocycles. The SMILES string of the molecule is COCN1C(=O)CCc2ccc(OCCCCCN3CCN(c4cccc5ccccc45)CC3)nc21. The van der Waals surface area contributed by atoms with Gasteiger partial charge in [-0.15, -0.1) is 0 Å². The second kappa shape index (κ2) is 11.7. The average molecular weight is 489 g/mol. The maximum atomic E-state index is 12.2. The van der Waals surface area contributed by atoms with Crippen LogP contribution in [0.2, 0.25) is 0 Å².